The van der Waals surface area contributed by atoms with Gasteiger partial charge in [0.1, 0.15) is 11.6 Å². The van der Waals surface area contributed by atoms with Gasteiger partial charge in [-0.15, -0.1) is 0 Å². The summed E-state index contributed by atoms with van der Waals surface area (Å²) in [4.78, 5) is 0. The predicted molar refractivity (Wildman–Crippen MR) is 72.2 cm³/mol. The number of halogens is 3. The van der Waals surface area contributed by atoms with Crippen LogP contribution in [0.25, 0.3) is 0 Å². The maximum atomic E-state index is 13.7. The van der Waals surface area contributed by atoms with E-state index in [1.165, 1.54) is 12.1 Å². The Kier molecular flexibility index (Phi) is 4.89. The molecule has 98 valence electrons. The topological polar surface area (TPSA) is 12.0 Å². The molecule has 1 aromatic rings. The average Bonchev–Trinajstić information content (AvgIpc) is 2.39. The van der Waals surface area contributed by atoms with Crippen LogP contribution in [0.5, 0.6) is 0 Å². The normalized spacial score (nSPS) is 19.2. The standard InChI is InChI=1S/C14H16BrF2N/c15-12-6-7-13(16)11(14(12)17)9-18-8-10-4-2-1-3-5-10/h1-2,6-7,10,18H,3-5,8-9H2. The van der Waals surface area contributed by atoms with Gasteiger partial charge in [-0.05, 0) is 59.8 Å². The van der Waals surface area contributed by atoms with Crippen molar-refractivity contribution in [3.63, 3.8) is 0 Å². The molecule has 0 bridgehead atoms. The van der Waals surface area contributed by atoms with Crippen LogP contribution in [0.15, 0.2) is 28.8 Å². The third-order valence-corrected chi connectivity index (χ3v) is 3.86. The van der Waals surface area contributed by atoms with E-state index >= 15 is 0 Å². The maximum absolute atomic E-state index is 13.7. The van der Waals surface area contributed by atoms with Crippen LogP contribution < -0.4 is 5.32 Å². The average molecular weight is 316 g/mol. The molecule has 0 amide bonds. The Labute approximate surface area is 114 Å². The Balaban J connectivity index is 1.90. The van der Waals surface area contributed by atoms with E-state index in [4.69, 9.17) is 0 Å². The van der Waals surface area contributed by atoms with Crippen LogP contribution >= 0.6 is 15.9 Å². The fourth-order valence-electron chi connectivity index (χ4n) is 2.17. The van der Waals surface area contributed by atoms with Gasteiger partial charge in [0.15, 0.2) is 0 Å². The first-order valence-electron chi connectivity index (χ1n) is 6.16. The second kappa shape index (κ2) is 6.43. The van der Waals surface area contributed by atoms with Gasteiger partial charge in [0.05, 0.1) is 4.47 Å². The fourth-order valence-corrected chi connectivity index (χ4v) is 2.55. The van der Waals surface area contributed by atoms with E-state index in [1.807, 2.05) is 0 Å². The van der Waals surface area contributed by atoms with Gasteiger partial charge in [0.25, 0.3) is 0 Å². The van der Waals surface area contributed by atoms with E-state index in [1.54, 1.807) is 0 Å². The quantitative estimate of drug-likeness (QED) is 0.649. The van der Waals surface area contributed by atoms with Crippen LogP contribution in [-0.2, 0) is 6.54 Å². The Morgan fingerprint density at radius 3 is 2.83 bits per heavy atom. The summed E-state index contributed by atoms with van der Waals surface area (Å²) < 4.78 is 27.5. The van der Waals surface area contributed by atoms with Crippen LogP contribution in [0.4, 0.5) is 8.78 Å². The molecule has 0 radical (unpaired) electrons. The van der Waals surface area contributed by atoms with E-state index in [0.717, 1.165) is 25.8 Å². The van der Waals surface area contributed by atoms with Crippen LogP contribution in [0.2, 0.25) is 0 Å². The highest BCUT2D eigenvalue weighted by Crippen LogP contribution is 2.22. The first kappa shape index (κ1) is 13.7. The zero-order valence-corrected chi connectivity index (χ0v) is 11.6. The number of nitrogens with one attached hydrogen (secondary N) is 1. The number of benzene rings is 1. The summed E-state index contributed by atoms with van der Waals surface area (Å²) in [7, 11) is 0. The lowest BCUT2D eigenvalue weighted by atomic mass is 9.94. The Morgan fingerprint density at radius 2 is 2.11 bits per heavy atom. The minimum absolute atomic E-state index is 0.107. The molecule has 18 heavy (non-hydrogen) atoms. The van der Waals surface area contributed by atoms with Crippen LogP contribution in [0.1, 0.15) is 24.8 Å². The molecule has 0 aromatic heterocycles. The summed E-state index contributed by atoms with van der Waals surface area (Å²) in [6, 6.07) is 2.67. The smallest absolute Gasteiger partial charge is 0.144 e. The lowest BCUT2D eigenvalue weighted by Crippen LogP contribution is -2.24. The number of rotatable bonds is 4. The molecule has 0 aliphatic heterocycles. The Bertz CT molecular complexity index is 446. The molecule has 4 heteroatoms. The minimum atomic E-state index is -0.508. The molecule has 1 aliphatic rings. The number of hydrogen-bond donors (Lipinski definition) is 1. The number of hydrogen-bond acceptors (Lipinski definition) is 1. The maximum Gasteiger partial charge on any atom is 0.144 e. The summed E-state index contributed by atoms with van der Waals surface area (Å²) >= 11 is 3.07. The monoisotopic (exact) mass is 315 g/mol. The van der Waals surface area contributed by atoms with E-state index in [0.29, 0.717) is 10.4 Å². The van der Waals surface area contributed by atoms with E-state index in [9.17, 15) is 8.78 Å². The van der Waals surface area contributed by atoms with Crippen molar-refractivity contribution in [3.8, 4) is 0 Å². The summed E-state index contributed by atoms with van der Waals surface area (Å²) in [5, 5.41) is 3.15. The molecule has 1 N–H and O–H groups in total. The predicted octanol–water partition coefficient (Wildman–Crippen LogP) is 4.17. The van der Waals surface area contributed by atoms with Crippen molar-refractivity contribution in [1.29, 1.82) is 0 Å². The largest absolute Gasteiger partial charge is 0.312 e. The molecule has 1 aromatic carbocycles. The van der Waals surface area contributed by atoms with Gasteiger partial charge in [-0.2, -0.15) is 0 Å². The SMILES string of the molecule is Fc1ccc(Br)c(F)c1CNCC1CC=CCC1. The van der Waals surface area contributed by atoms with E-state index in [2.05, 4.69) is 33.4 Å². The zero-order chi connectivity index (χ0) is 13.0. The summed E-state index contributed by atoms with van der Waals surface area (Å²) in [6.07, 6.45) is 7.66. The molecule has 0 saturated heterocycles. The molecule has 2 rings (SSSR count). The van der Waals surface area contributed by atoms with Crippen molar-refractivity contribution >= 4 is 15.9 Å². The van der Waals surface area contributed by atoms with Crippen molar-refractivity contribution in [2.24, 2.45) is 5.92 Å². The zero-order valence-electron chi connectivity index (χ0n) is 10.1. The Morgan fingerprint density at radius 1 is 1.28 bits per heavy atom. The van der Waals surface area contributed by atoms with Crippen LogP contribution in [0.3, 0.4) is 0 Å². The molecule has 1 unspecified atom stereocenters. The van der Waals surface area contributed by atoms with E-state index < -0.39 is 11.6 Å². The van der Waals surface area contributed by atoms with Crippen LogP contribution in [-0.4, -0.2) is 6.54 Å². The fraction of sp³-hybridized carbons (Fsp3) is 0.429. The van der Waals surface area contributed by atoms with Crippen molar-refractivity contribution in [1.82, 2.24) is 5.32 Å². The van der Waals surface area contributed by atoms with Crippen LogP contribution in [0, 0.1) is 17.6 Å². The second-order valence-corrected chi connectivity index (χ2v) is 5.46. The third kappa shape index (κ3) is 3.39. The third-order valence-electron chi connectivity index (χ3n) is 3.25. The van der Waals surface area contributed by atoms with Crippen molar-refractivity contribution < 1.29 is 8.78 Å². The first-order chi connectivity index (χ1) is 8.68. The van der Waals surface area contributed by atoms with Gasteiger partial charge in [0, 0.05) is 12.1 Å². The lowest BCUT2D eigenvalue weighted by molar-refractivity contribution is 0.432. The lowest BCUT2D eigenvalue weighted by Gasteiger charge is -2.18. The van der Waals surface area contributed by atoms with Gasteiger partial charge in [-0.25, -0.2) is 8.78 Å². The van der Waals surface area contributed by atoms with Gasteiger partial charge >= 0.3 is 0 Å². The number of allylic oxidation sites excluding steroid dienone is 2. The summed E-state index contributed by atoms with van der Waals surface area (Å²) in [5.41, 5.74) is 0.107. The molecular weight excluding hydrogens is 300 g/mol. The van der Waals surface area contributed by atoms with Crippen molar-refractivity contribution in [2.75, 3.05) is 6.54 Å². The van der Waals surface area contributed by atoms with Gasteiger partial charge in [0.2, 0.25) is 0 Å². The molecule has 0 fully saturated rings. The second-order valence-electron chi connectivity index (χ2n) is 4.60. The molecule has 1 nitrogen and oxygen atoms in total. The summed E-state index contributed by atoms with van der Waals surface area (Å²) in [6.45, 7) is 1.03. The minimum Gasteiger partial charge on any atom is -0.312 e. The molecule has 0 heterocycles. The molecular formula is C14H16BrF2N. The molecule has 0 saturated carbocycles. The highest BCUT2D eigenvalue weighted by Gasteiger charge is 2.13. The Hall–Kier alpha value is -0.740. The highest BCUT2D eigenvalue weighted by atomic mass is 79.9. The summed E-state index contributed by atoms with van der Waals surface area (Å²) in [5.74, 6) is -0.425. The van der Waals surface area contributed by atoms with E-state index in [-0.39, 0.29) is 12.1 Å². The first-order valence-corrected chi connectivity index (χ1v) is 6.96. The van der Waals surface area contributed by atoms with Gasteiger partial charge < -0.3 is 5.32 Å². The highest BCUT2D eigenvalue weighted by molar-refractivity contribution is 9.10. The molecule has 1 atom stereocenters. The molecule has 1 aliphatic carbocycles. The van der Waals surface area contributed by atoms with Gasteiger partial charge in [-0.1, -0.05) is 12.2 Å². The van der Waals surface area contributed by atoms with Crippen molar-refractivity contribution in [2.45, 2.75) is 25.8 Å². The van der Waals surface area contributed by atoms with Crippen molar-refractivity contribution in [3.05, 3.63) is 46.0 Å². The van der Waals surface area contributed by atoms with Gasteiger partial charge in [-0.3, -0.25) is 0 Å². The molecule has 0 spiro atoms.